The minimum atomic E-state index is -0.368. The normalized spacial score (nSPS) is 9.50. The lowest BCUT2D eigenvalue weighted by Crippen LogP contribution is -2.26. The number of hydrogen-bond acceptors (Lipinski definition) is 3. The summed E-state index contributed by atoms with van der Waals surface area (Å²) in [5, 5.41) is 5.54. The molecule has 1 amide bonds. The zero-order valence-corrected chi connectivity index (χ0v) is 7.85. The molecule has 72 valence electrons. The Morgan fingerprint density at radius 2 is 2.17 bits per heavy atom. The molecule has 0 fully saturated rings. The molecule has 0 atom stereocenters. The lowest BCUT2D eigenvalue weighted by Gasteiger charge is -2.04. The highest BCUT2D eigenvalue weighted by molar-refractivity contribution is 5.66. The molecule has 12 heavy (non-hydrogen) atoms. The average Bonchev–Trinajstić information content (AvgIpc) is 2.10. The highest BCUT2D eigenvalue weighted by Gasteiger charge is 1.94. The van der Waals surface area contributed by atoms with Crippen LogP contribution in [0.4, 0.5) is 4.79 Å². The minimum Gasteiger partial charge on any atom is -0.448 e. The van der Waals surface area contributed by atoms with Gasteiger partial charge in [-0.05, 0) is 13.0 Å². The molecule has 0 unspecified atom stereocenters. The third-order valence-corrected chi connectivity index (χ3v) is 1.42. The fourth-order valence-electron chi connectivity index (χ4n) is 0.715. The number of unbranched alkanes of at least 4 members (excludes halogenated alkanes) is 1. The molecule has 0 aliphatic rings. The van der Waals surface area contributed by atoms with Crippen molar-refractivity contribution in [1.29, 1.82) is 0 Å². The molecule has 0 heterocycles. The molecule has 0 saturated carbocycles. The van der Waals surface area contributed by atoms with Crippen molar-refractivity contribution in [2.24, 2.45) is 0 Å². The molecule has 0 aliphatic carbocycles. The van der Waals surface area contributed by atoms with Gasteiger partial charge in [-0.2, -0.15) is 0 Å². The standard InChI is InChI=1S/C8H18N2O2/c1-3-4-5-10-6-7-12-8(11)9-2/h10H,3-7H2,1-2H3,(H,9,11). The van der Waals surface area contributed by atoms with Crippen LogP contribution in [0.25, 0.3) is 0 Å². The number of alkyl carbamates (subject to hydrolysis) is 1. The zero-order valence-electron chi connectivity index (χ0n) is 7.85. The third-order valence-electron chi connectivity index (χ3n) is 1.42. The van der Waals surface area contributed by atoms with Crippen molar-refractivity contribution in [3.8, 4) is 0 Å². The predicted octanol–water partition coefficient (Wildman–Crippen LogP) is 0.732. The van der Waals surface area contributed by atoms with Crippen LogP contribution < -0.4 is 10.6 Å². The van der Waals surface area contributed by atoms with E-state index in [0.29, 0.717) is 6.61 Å². The summed E-state index contributed by atoms with van der Waals surface area (Å²) in [5.74, 6) is 0. The van der Waals surface area contributed by atoms with Gasteiger partial charge in [-0.1, -0.05) is 13.3 Å². The Hall–Kier alpha value is -0.770. The van der Waals surface area contributed by atoms with Gasteiger partial charge < -0.3 is 15.4 Å². The summed E-state index contributed by atoms with van der Waals surface area (Å²) in [7, 11) is 1.55. The van der Waals surface area contributed by atoms with Gasteiger partial charge in [-0.25, -0.2) is 4.79 Å². The molecule has 0 aromatic carbocycles. The molecule has 2 N–H and O–H groups in total. The van der Waals surface area contributed by atoms with Gasteiger partial charge in [0.1, 0.15) is 6.61 Å². The van der Waals surface area contributed by atoms with E-state index in [9.17, 15) is 4.79 Å². The summed E-state index contributed by atoms with van der Waals surface area (Å²) in [6.45, 7) is 4.30. The van der Waals surface area contributed by atoms with Gasteiger partial charge in [-0.3, -0.25) is 0 Å². The van der Waals surface area contributed by atoms with Crippen LogP contribution in [0, 0.1) is 0 Å². The summed E-state index contributed by atoms with van der Waals surface area (Å²) in [4.78, 5) is 10.5. The van der Waals surface area contributed by atoms with Crippen molar-refractivity contribution < 1.29 is 9.53 Å². The van der Waals surface area contributed by atoms with E-state index in [2.05, 4.69) is 17.6 Å². The Labute approximate surface area is 73.7 Å². The lowest BCUT2D eigenvalue weighted by molar-refractivity contribution is 0.149. The quantitative estimate of drug-likeness (QED) is 0.584. The van der Waals surface area contributed by atoms with Crippen LogP contribution >= 0.6 is 0 Å². The predicted molar refractivity (Wildman–Crippen MR) is 48.2 cm³/mol. The maximum atomic E-state index is 10.5. The van der Waals surface area contributed by atoms with E-state index in [0.717, 1.165) is 13.1 Å². The van der Waals surface area contributed by atoms with Crippen molar-refractivity contribution in [2.45, 2.75) is 19.8 Å². The molecule has 0 aromatic heterocycles. The lowest BCUT2D eigenvalue weighted by atomic mass is 10.3. The van der Waals surface area contributed by atoms with Crippen LogP contribution in [-0.2, 0) is 4.74 Å². The van der Waals surface area contributed by atoms with Crippen molar-refractivity contribution in [1.82, 2.24) is 10.6 Å². The van der Waals surface area contributed by atoms with E-state index >= 15 is 0 Å². The Morgan fingerprint density at radius 1 is 1.42 bits per heavy atom. The Kier molecular flexibility index (Phi) is 7.79. The smallest absolute Gasteiger partial charge is 0.406 e. The number of carbonyl (C=O) groups is 1. The van der Waals surface area contributed by atoms with Gasteiger partial charge in [0.05, 0.1) is 0 Å². The number of carbonyl (C=O) groups excluding carboxylic acids is 1. The molecule has 0 aliphatic heterocycles. The summed E-state index contributed by atoms with van der Waals surface area (Å²) in [6, 6.07) is 0. The van der Waals surface area contributed by atoms with Crippen molar-refractivity contribution >= 4 is 6.09 Å². The van der Waals surface area contributed by atoms with E-state index in [1.54, 1.807) is 7.05 Å². The maximum absolute atomic E-state index is 10.5. The van der Waals surface area contributed by atoms with Gasteiger partial charge in [0, 0.05) is 13.6 Å². The van der Waals surface area contributed by atoms with Crippen LogP contribution in [0.3, 0.4) is 0 Å². The maximum Gasteiger partial charge on any atom is 0.406 e. The molecule has 0 aromatic rings. The molecule has 0 bridgehead atoms. The fraction of sp³-hybridized carbons (Fsp3) is 0.875. The van der Waals surface area contributed by atoms with Gasteiger partial charge in [0.25, 0.3) is 0 Å². The Morgan fingerprint density at radius 3 is 2.75 bits per heavy atom. The van der Waals surface area contributed by atoms with Gasteiger partial charge in [0.2, 0.25) is 0 Å². The highest BCUT2D eigenvalue weighted by Crippen LogP contribution is 1.81. The van der Waals surface area contributed by atoms with E-state index in [1.807, 2.05) is 0 Å². The second kappa shape index (κ2) is 8.33. The first kappa shape index (κ1) is 11.2. The van der Waals surface area contributed by atoms with E-state index in [-0.39, 0.29) is 6.09 Å². The van der Waals surface area contributed by atoms with Gasteiger partial charge in [0.15, 0.2) is 0 Å². The second-order valence-electron chi connectivity index (χ2n) is 2.49. The van der Waals surface area contributed by atoms with Crippen LogP contribution in [0.15, 0.2) is 0 Å². The molecule has 0 rings (SSSR count). The van der Waals surface area contributed by atoms with E-state index in [4.69, 9.17) is 4.74 Å². The van der Waals surface area contributed by atoms with Crippen molar-refractivity contribution in [3.05, 3.63) is 0 Å². The average molecular weight is 174 g/mol. The topological polar surface area (TPSA) is 50.4 Å². The SMILES string of the molecule is CCCCNCCOC(=O)NC. The first-order valence-electron chi connectivity index (χ1n) is 4.36. The summed E-state index contributed by atoms with van der Waals surface area (Å²) in [5.41, 5.74) is 0. The minimum absolute atomic E-state index is 0.368. The molecule has 0 radical (unpaired) electrons. The van der Waals surface area contributed by atoms with Crippen LogP contribution in [-0.4, -0.2) is 32.8 Å². The van der Waals surface area contributed by atoms with Gasteiger partial charge >= 0.3 is 6.09 Å². The summed E-state index contributed by atoms with van der Waals surface area (Å²) in [6.07, 6.45) is 1.98. The molecule has 0 spiro atoms. The molecule has 0 saturated heterocycles. The molecular formula is C8H18N2O2. The third kappa shape index (κ3) is 7.34. The summed E-state index contributed by atoms with van der Waals surface area (Å²) < 4.78 is 4.76. The van der Waals surface area contributed by atoms with Crippen LogP contribution in [0.5, 0.6) is 0 Å². The van der Waals surface area contributed by atoms with E-state index in [1.165, 1.54) is 12.8 Å². The second-order valence-corrected chi connectivity index (χ2v) is 2.49. The van der Waals surface area contributed by atoms with Crippen molar-refractivity contribution in [3.63, 3.8) is 0 Å². The number of amides is 1. The largest absolute Gasteiger partial charge is 0.448 e. The number of nitrogens with one attached hydrogen (secondary N) is 2. The molecule has 4 heteroatoms. The number of ether oxygens (including phenoxy) is 1. The monoisotopic (exact) mass is 174 g/mol. The zero-order chi connectivity index (χ0) is 9.23. The number of hydrogen-bond donors (Lipinski definition) is 2. The first-order valence-corrected chi connectivity index (χ1v) is 4.36. The Bertz CT molecular complexity index is 118. The highest BCUT2D eigenvalue weighted by atomic mass is 16.5. The first-order chi connectivity index (χ1) is 5.81. The van der Waals surface area contributed by atoms with Gasteiger partial charge in [-0.15, -0.1) is 0 Å². The fourth-order valence-corrected chi connectivity index (χ4v) is 0.715. The summed E-state index contributed by atoms with van der Waals surface area (Å²) >= 11 is 0. The van der Waals surface area contributed by atoms with Crippen LogP contribution in [0.1, 0.15) is 19.8 Å². The van der Waals surface area contributed by atoms with Crippen LogP contribution in [0.2, 0.25) is 0 Å². The molecule has 4 nitrogen and oxygen atoms in total. The van der Waals surface area contributed by atoms with Crippen molar-refractivity contribution in [2.75, 3.05) is 26.7 Å². The number of rotatable bonds is 6. The Balaban J connectivity index is 2.95. The molecular weight excluding hydrogens is 156 g/mol. The van der Waals surface area contributed by atoms with E-state index < -0.39 is 0 Å².